The van der Waals surface area contributed by atoms with Crippen molar-refractivity contribution in [3.8, 4) is 5.75 Å². The van der Waals surface area contributed by atoms with Crippen LogP contribution < -0.4 is 10.1 Å². The van der Waals surface area contributed by atoms with Gasteiger partial charge in [-0.25, -0.2) is 0 Å². The second-order valence-corrected chi connectivity index (χ2v) is 5.80. The number of non-ortho nitro benzene ring substituents is 1. The standard InChI is InChI=1S/C17H17ClN2O4/c1-10-5-4-6-11(2)16(10)19-17(21)12(3)24-15-8-7-13(20(22)23)9-14(15)18/h4-9,12H,1-3H3,(H,19,21)/t12-/m1/s1. The van der Waals surface area contributed by atoms with Crippen LogP contribution in [0.4, 0.5) is 11.4 Å². The van der Waals surface area contributed by atoms with Crippen molar-refractivity contribution in [2.45, 2.75) is 26.9 Å². The number of aryl methyl sites for hydroxylation is 2. The van der Waals surface area contributed by atoms with Gasteiger partial charge in [0.2, 0.25) is 0 Å². The van der Waals surface area contributed by atoms with Crippen molar-refractivity contribution in [3.05, 3.63) is 62.7 Å². The first-order chi connectivity index (χ1) is 11.3. The Kier molecular flexibility index (Phi) is 5.41. The summed E-state index contributed by atoms with van der Waals surface area (Å²) in [6.07, 6.45) is -0.817. The Morgan fingerprint density at radius 1 is 1.25 bits per heavy atom. The van der Waals surface area contributed by atoms with Gasteiger partial charge in [-0.3, -0.25) is 14.9 Å². The maximum absolute atomic E-state index is 12.3. The number of nitrogens with one attached hydrogen (secondary N) is 1. The number of ether oxygens (including phenoxy) is 1. The van der Waals surface area contributed by atoms with Crippen molar-refractivity contribution < 1.29 is 14.5 Å². The van der Waals surface area contributed by atoms with Crippen molar-refractivity contribution in [1.29, 1.82) is 0 Å². The molecule has 2 aromatic carbocycles. The first-order valence-corrected chi connectivity index (χ1v) is 7.65. The zero-order chi connectivity index (χ0) is 17.9. The molecule has 7 heteroatoms. The summed E-state index contributed by atoms with van der Waals surface area (Å²) >= 11 is 5.97. The zero-order valence-electron chi connectivity index (χ0n) is 13.5. The minimum Gasteiger partial charge on any atom is -0.479 e. The summed E-state index contributed by atoms with van der Waals surface area (Å²) in [7, 11) is 0. The first kappa shape index (κ1) is 17.7. The minimum atomic E-state index is -0.817. The smallest absolute Gasteiger partial charge is 0.271 e. The van der Waals surface area contributed by atoms with Gasteiger partial charge in [0.05, 0.1) is 9.95 Å². The molecule has 0 aromatic heterocycles. The van der Waals surface area contributed by atoms with Gasteiger partial charge in [0.15, 0.2) is 6.10 Å². The fraction of sp³-hybridized carbons (Fsp3) is 0.235. The van der Waals surface area contributed by atoms with Crippen molar-refractivity contribution >= 4 is 28.9 Å². The van der Waals surface area contributed by atoms with Crippen LogP contribution in [0.2, 0.25) is 5.02 Å². The van der Waals surface area contributed by atoms with E-state index >= 15 is 0 Å². The van der Waals surface area contributed by atoms with E-state index in [4.69, 9.17) is 16.3 Å². The lowest BCUT2D eigenvalue weighted by Gasteiger charge is -2.17. The van der Waals surface area contributed by atoms with Gasteiger partial charge in [-0.15, -0.1) is 0 Å². The Bertz CT molecular complexity index is 772. The Morgan fingerprint density at radius 2 is 1.88 bits per heavy atom. The predicted molar refractivity (Wildman–Crippen MR) is 92.7 cm³/mol. The number of nitro groups is 1. The predicted octanol–water partition coefficient (Wildman–Crippen LogP) is 4.27. The van der Waals surface area contributed by atoms with E-state index in [9.17, 15) is 14.9 Å². The van der Waals surface area contributed by atoms with Gasteiger partial charge in [0, 0.05) is 17.8 Å². The summed E-state index contributed by atoms with van der Waals surface area (Å²) in [4.78, 5) is 22.5. The van der Waals surface area contributed by atoms with E-state index in [1.54, 1.807) is 6.92 Å². The van der Waals surface area contributed by atoms with Crippen molar-refractivity contribution in [1.82, 2.24) is 0 Å². The third-order valence-corrected chi connectivity index (χ3v) is 3.82. The zero-order valence-corrected chi connectivity index (χ0v) is 14.3. The average Bonchev–Trinajstić information content (AvgIpc) is 2.52. The molecule has 0 saturated carbocycles. The average molecular weight is 349 g/mol. The summed E-state index contributed by atoms with van der Waals surface area (Å²) in [5.74, 6) is -0.117. The molecule has 0 radical (unpaired) electrons. The SMILES string of the molecule is Cc1cccc(C)c1NC(=O)[C@@H](C)Oc1ccc([N+](=O)[O-])cc1Cl. The van der Waals surface area contributed by atoms with Crippen LogP contribution in [0.5, 0.6) is 5.75 Å². The molecule has 126 valence electrons. The maximum Gasteiger partial charge on any atom is 0.271 e. The van der Waals surface area contributed by atoms with Gasteiger partial charge in [0.1, 0.15) is 5.75 Å². The van der Waals surface area contributed by atoms with Crippen LogP contribution in [0.25, 0.3) is 0 Å². The number of para-hydroxylation sites is 1. The number of amides is 1. The van der Waals surface area contributed by atoms with Gasteiger partial charge < -0.3 is 10.1 Å². The molecule has 0 unspecified atom stereocenters. The van der Waals surface area contributed by atoms with Crippen molar-refractivity contribution in [2.75, 3.05) is 5.32 Å². The fourth-order valence-electron chi connectivity index (χ4n) is 2.18. The van der Waals surface area contributed by atoms with Crippen LogP contribution in [-0.4, -0.2) is 16.9 Å². The molecule has 1 atom stereocenters. The number of nitro benzene ring substituents is 1. The molecule has 2 rings (SSSR count). The minimum absolute atomic E-state index is 0.0796. The molecule has 0 heterocycles. The summed E-state index contributed by atoms with van der Waals surface area (Å²) in [6.45, 7) is 5.39. The molecule has 0 spiro atoms. The third kappa shape index (κ3) is 4.02. The fourth-order valence-corrected chi connectivity index (χ4v) is 2.40. The Hall–Kier alpha value is -2.60. The van der Waals surface area contributed by atoms with Gasteiger partial charge in [-0.1, -0.05) is 29.8 Å². The van der Waals surface area contributed by atoms with E-state index in [0.717, 1.165) is 16.8 Å². The highest BCUT2D eigenvalue weighted by Crippen LogP contribution is 2.29. The number of carbonyl (C=O) groups is 1. The Balaban J connectivity index is 2.11. The topological polar surface area (TPSA) is 81.5 Å². The van der Waals surface area contributed by atoms with Crippen LogP contribution in [0.1, 0.15) is 18.1 Å². The second kappa shape index (κ2) is 7.31. The first-order valence-electron chi connectivity index (χ1n) is 7.27. The molecule has 0 aliphatic carbocycles. The molecule has 6 nitrogen and oxygen atoms in total. The molecule has 0 bridgehead atoms. The van der Waals surface area contributed by atoms with Gasteiger partial charge in [0.25, 0.3) is 11.6 Å². The van der Waals surface area contributed by atoms with Crippen LogP contribution >= 0.6 is 11.6 Å². The van der Waals surface area contributed by atoms with Crippen LogP contribution in [0, 0.1) is 24.0 Å². The van der Waals surface area contributed by atoms with Crippen molar-refractivity contribution in [3.63, 3.8) is 0 Å². The van der Waals surface area contributed by atoms with E-state index in [2.05, 4.69) is 5.32 Å². The van der Waals surface area contributed by atoms with Gasteiger partial charge in [-0.2, -0.15) is 0 Å². The highest BCUT2D eigenvalue weighted by atomic mass is 35.5. The third-order valence-electron chi connectivity index (χ3n) is 3.53. The van der Waals surface area contributed by atoms with E-state index in [1.807, 2.05) is 32.0 Å². The van der Waals surface area contributed by atoms with E-state index in [1.165, 1.54) is 18.2 Å². The number of anilines is 1. The number of nitrogens with zero attached hydrogens (tertiary/aromatic N) is 1. The summed E-state index contributed by atoms with van der Waals surface area (Å²) in [5.41, 5.74) is 2.50. The molecule has 24 heavy (non-hydrogen) atoms. The molecule has 0 aliphatic rings. The number of carbonyl (C=O) groups excluding carboxylic acids is 1. The quantitative estimate of drug-likeness (QED) is 0.646. The lowest BCUT2D eigenvalue weighted by molar-refractivity contribution is -0.384. The monoisotopic (exact) mass is 348 g/mol. The molecule has 1 amide bonds. The molecule has 0 fully saturated rings. The molecule has 0 saturated heterocycles. The van der Waals surface area contributed by atoms with Gasteiger partial charge >= 0.3 is 0 Å². The molecule has 0 aliphatic heterocycles. The molecular formula is C17H17ClN2O4. The van der Waals surface area contributed by atoms with Gasteiger partial charge in [-0.05, 0) is 38.0 Å². The largest absolute Gasteiger partial charge is 0.479 e. The number of benzene rings is 2. The van der Waals surface area contributed by atoms with Crippen LogP contribution in [-0.2, 0) is 4.79 Å². The summed E-state index contributed by atoms with van der Waals surface area (Å²) in [6, 6.07) is 9.56. The number of hydrogen-bond acceptors (Lipinski definition) is 4. The lowest BCUT2D eigenvalue weighted by Crippen LogP contribution is -2.30. The second-order valence-electron chi connectivity index (χ2n) is 5.39. The number of halogens is 1. The Morgan fingerprint density at radius 3 is 2.42 bits per heavy atom. The number of rotatable bonds is 5. The lowest BCUT2D eigenvalue weighted by atomic mass is 10.1. The summed E-state index contributed by atoms with van der Waals surface area (Å²) < 4.78 is 5.53. The maximum atomic E-state index is 12.3. The molecular weight excluding hydrogens is 332 g/mol. The molecule has 1 N–H and O–H groups in total. The molecule has 2 aromatic rings. The van der Waals surface area contributed by atoms with E-state index < -0.39 is 11.0 Å². The van der Waals surface area contributed by atoms with E-state index in [0.29, 0.717) is 0 Å². The highest BCUT2D eigenvalue weighted by molar-refractivity contribution is 6.32. The summed E-state index contributed by atoms with van der Waals surface area (Å²) in [5, 5.41) is 13.6. The normalized spacial score (nSPS) is 11.7. The van der Waals surface area contributed by atoms with Crippen molar-refractivity contribution in [2.24, 2.45) is 0 Å². The van der Waals surface area contributed by atoms with E-state index in [-0.39, 0.29) is 22.4 Å². The van der Waals surface area contributed by atoms with Crippen LogP contribution in [0.3, 0.4) is 0 Å². The highest BCUT2D eigenvalue weighted by Gasteiger charge is 2.19. The van der Waals surface area contributed by atoms with Crippen LogP contribution in [0.15, 0.2) is 36.4 Å². The number of hydrogen-bond donors (Lipinski definition) is 1. The Labute approximate surface area is 144 Å².